The van der Waals surface area contributed by atoms with Crippen molar-refractivity contribution >= 4 is 37.4 Å². The molecule has 0 bridgehead atoms. The molecule has 7 heteroatoms. The largest absolute Gasteiger partial charge is 0.737 e. The van der Waals surface area contributed by atoms with Gasteiger partial charge in [0.25, 0.3) is 6.47 Å². The number of fused-ring (bicyclic) bond motifs is 2. The van der Waals surface area contributed by atoms with Gasteiger partial charge in [-0.05, 0) is 23.8 Å². The summed E-state index contributed by atoms with van der Waals surface area (Å²) < 4.78 is 37.7. The van der Waals surface area contributed by atoms with Crippen LogP contribution in [0.15, 0.2) is 72.5 Å². The SMILES string of the molecule is O=COCCC1=[N+]2C(=Cc3ccc(/C=C/C=C/c4ccccc4)n3[B-]2(F)F)C=C1. The summed E-state index contributed by atoms with van der Waals surface area (Å²) >= 11 is 0. The van der Waals surface area contributed by atoms with Crippen LogP contribution in [-0.4, -0.2) is 34.7 Å². The quantitative estimate of drug-likeness (QED) is 0.303. The Balaban J connectivity index is 1.62. The molecule has 2 aromatic rings. The minimum absolute atomic E-state index is 0.0642. The molecule has 0 unspecified atom stereocenters. The van der Waals surface area contributed by atoms with Crippen LogP contribution in [0, 0.1) is 0 Å². The zero-order valence-corrected chi connectivity index (χ0v) is 15.6. The van der Waals surface area contributed by atoms with Gasteiger partial charge in [0.2, 0.25) is 0 Å². The Hall–Kier alpha value is -3.48. The molecule has 0 N–H and O–H groups in total. The van der Waals surface area contributed by atoms with Crippen molar-refractivity contribution in [1.29, 1.82) is 0 Å². The lowest BCUT2D eigenvalue weighted by atomic mass is 9.90. The van der Waals surface area contributed by atoms with Crippen molar-refractivity contribution in [1.82, 2.24) is 4.48 Å². The summed E-state index contributed by atoms with van der Waals surface area (Å²) in [7, 11) is 0. The van der Waals surface area contributed by atoms with E-state index in [-0.39, 0.29) is 13.0 Å². The molecule has 0 amide bonds. The minimum Gasteiger partial charge on any atom is -0.467 e. The fourth-order valence-corrected chi connectivity index (χ4v) is 3.66. The summed E-state index contributed by atoms with van der Waals surface area (Å²) in [6.45, 7) is -3.67. The van der Waals surface area contributed by atoms with Crippen LogP contribution in [0.5, 0.6) is 0 Å². The number of hydrogen-bond acceptors (Lipinski definition) is 2. The van der Waals surface area contributed by atoms with Crippen molar-refractivity contribution in [2.24, 2.45) is 0 Å². The molecule has 0 saturated carbocycles. The number of carbonyl (C=O) groups excluding carboxylic acids is 1. The predicted octanol–water partition coefficient (Wildman–Crippen LogP) is 4.38. The number of carbonyl (C=O) groups is 1. The maximum atomic E-state index is 15.5. The van der Waals surface area contributed by atoms with Crippen LogP contribution in [0.3, 0.4) is 0 Å². The monoisotopic (exact) mass is 392 g/mol. The molecule has 1 aromatic carbocycles. The van der Waals surface area contributed by atoms with Crippen LogP contribution < -0.4 is 0 Å². The summed E-state index contributed by atoms with van der Waals surface area (Å²) in [5.41, 5.74) is 2.80. The Bertz CT molecular complexity index is 1080. The summed E-state index contributed by atoms with van der Waals surface area (Å²) in [6.07, 6.45) is 12.5. The minimum atomic E-state index is -4.06. The maximum Gasteiger partial charge on any atom is 0.737 e. The summed E-state index contributed by atoms with van der Waals surface area (Å²) in [6, 6.07) is 13.2. The lowest BCUT2D eigenvalue weighted by Gasteiger charge is -2.30. The molecule has 0 aliphatic carbocycles. The third-order valence-electron chi connectivity index (χ3n) is 4.94. The molecule has 0 saturated heterocycles. The number of nitrogens with zero attached hydrogens (tertiary/aromatic N) is 2. The molecule has 4 nitrogen and oxygen atoms in total. The smallest absolute Gasteiger partial charge is 0.467 e. The molecule has 0 radical (unpaired) electrons. The molecule has 0 fully saturated rings. The second-order valence-corrected chi connectivity index (χ2v) is 6.75. The number of allylic oxidation sites excluding steroid dienone is 4. The Labute approximate surface area is 167 Å². The highest BCUT2D eigenvalue weighted by molar-refractivity contribution is 6.58. The first-order chi connectivity index (χ1) is 14.1. The zero-order chi connectivity index (χ0) is 20.3. The molecule has 2 aliphatic heterocycles. The van der Waals surface area contributed by atoms with Gasteiger partial charge in [0, 0.05) is 29.6 Å². The first-order valence-electron chi connectivity index (χ1n) is 9.35. The van der Waals surface area contributed by atoms with Gasteiger partial charge in [-0.25, -0.2) is 0 Å². The van der Waals surface area contributed by atoms with Crippen LogP contribution in [0.25, 0.3) is 18.2 Å². The summed E-state index contributed by atoms with van der Waals surface area (Å²) in [5, 5.41) is 0. The van der Waals surface area contributed by atoms with Crippen LogP contribution in [0.1, 0.15) is 23.4 Å². The van der Waals surface area contributed by atoms with Crippen molar-refractivity contribution in [3.63, 3.8) is 0 Å². The highest BCUT2D eigenvalue weighted by Gasteiger charge is 2.52. The topological polar surface area (TPSA) is 34.2 Å². The highest BCUT2D eigenvalue weighted by Crippen LogP contribution is 2.33. The first-order valence-corrected chi connectivity index (χ1v) is 9.35. The molecule has 3 heterocycles. The molecule has 1 aromatic heterocycles. The number of aromatic nitrogens is 1. The predicted molar refractivity (Wildman–Crippen MR) is 111 cm³/mol. The molecule has 2 aliphatic rings. The van der Waals surface area contributed by atoms with E-state index >= 15 is 8.63 Å². The number of rotatable bonds is 7. The first kappa shape index (κ1) is 18.9. The van der Waals surface area contributed by atoms with Gasteiger partial charge in [-0.15, -0.1) is 0 Å². The lowest BCUT2D eigenvalue weighted by Crippen LogP contribution is -2.50. The molecule has 146 valence electrons. The van der Waals surface area contributed by atoms with Gasteiger partial charge in [-0.2, -0.15) is 0 Å². The fraction of sp³-hybridized carbons (Fsp3) is 0.0909. The summed E-state index contributed by atoms with van der Waals surface area (Å²) in [4.78, 5) is 10.3. The van der Waals surface area contributed by atoms with Gasteiger partial charge in [0.05, 0.1) is 6.42 Å². The van der Waals surface area contributed by atoms with Crippen molar-refractivity contribution in [3.05, 3.63) is 89.4 Å². The third-order valence-corrected chi connectivity index (χ3v) is 4.94. The van der Waals surface area contributed by atoms with E-state index in [1.807, 2.05) is 42.5 Å². The Kier molecular flexibility index (Phi) is 5.12. The molecule has 4 rings (SSSR count). The van der Waals surface area contributed by atoms with Gasteiger partial charge >= 0.3 is 6.97 Å². The number of halogens is 2. The van der Waals surface area contributed by atoms with E-state index in [0.717, 1.165) is 14.5 Å². The molecular formula is C22H19BF2N2O2. The van der Waals surface area contributed by atoms with Gasteiger partial charge < -0.3 is 22.3 Å². The number of ether oxygens (including phenoxy) is 1. The summed E-state index contributed by atoms with van der Waals surface area (Å²) in [5.74, 6) is 0. The molecule has 0 atom stereocenters. The lowest BCUT2D eigenvalue weighted by molar-refractivity contribution is -0.362. The van der Waals surface area contributed by atoms with Crippen LogP contribution in [-0.2, 0) is 9.53 Å². The average molecular weight is 392 g/mol. The normalized spacial score (nSPS) is 17.0. The second kappa shape index (κ2) is 7.87. The highest BCUT2D eigenvalue weighted by atomic mass is 19.2. The van der Waals surface area contributed by atoms with Crippen molar-refractivity contribution in [2.75, 3.05) is 6.61 Å². The fourth-order valence-electron chi connectivity index (χ4n) is 3.66. The zero-order valence-electron chi connectivity index (χ0n) is 15.6. The molecular weight excluding hydrogens is 373 g/mol. The van der Waals surface area contributed by atoms with Gasteiger partial charge in [0.1, 0.15) is 12.3 Å². The second-order valence-electron chi connectivity index (χ2n) is 6.75. The number of hydrogen-bond donors (Lipinski definition) is 0. The Morgan fingerprint density at radius 3 is 2.62 bits per heavy atom. The maximum absolute atomic E-state index is 15.5. The van der Waals surface area contributed by atoms with E-state index in [9.17, 15) is 4.79 Å². The van der Waals surface area contributed by atoms with E-state index in [0.29, 0.717) is 29.3 Å². The standard InChI is InChI=1S/C22H19BF2N2O2/c24-23(25)26-19(9-5-4-8-18-6-2-1-3-7-18)10-12-21(26)16-22-13-11-20(27(22)23)14-15-29-17-28/h1-13,16-17H,14-15H2/b8-4+,9-5+. The van der Waals surface area contributed by atoms with E-state index < -0.39 is 6.97 Å². The Morgan fingerprint density at radius 1 is 1.03 bits per heavy atom. The third kappa shape index (κ3) is 3.63. The van der Waals surface area contributed by atoms with Crippen LogP contribution >= 0.6 is 0 Å². The van der Waals surface area contributed by atoms with E-state index in [1.54, 1.807) is 42.5 Å². The number of benzene rings is 1. The van der Waals surface area contributed by atoms with Crippen LogP contribution in [0.4, 0.5) is 8.63 Å². The van der Waals surface area contributed by atoms with Crippen molar-refractivity contribution < 1.29 is 22.6 Å². The van der Waals surface area contributed by atoms with Gasteiger partial charge in [-0.1, -0.05) is 48.6 Å². The Morgan fingerprint density at radius 2 is 1.83 bits per heavy atom. The van der Waals surface area contributed by atoms with Gasteiger partial charge in [-0.3, -0.25) is 4.79 Å². The van der Waals surface area contributed by atoms with Crippen LogP contribution in [0.2, 0.25) is 0 Å². The molecule has 29 heavy (non-hydrogen) atoms. The van der Waals surface area contributed by atoms with E-state index in [4.69, 9.17) is 0 Å². The van der Waals surface area contributed by atoms with Gasteiger partial charge in [0.15, 0.2) is 5.70 Å². The van der Waals surface area contributed by atoms with Crippen molar-refractivity contribution in [2.45, 2.75) is 6.42 Å². The van der Waals surface area contributed by atoms with Crippen molar-refractivity contribution in [3.8, 4) is 0 Å². The van der Waals surface area contributed by atoms with E-state index in [1.165, 1.54) is 0 Å². The van der Waals surface area contributed by atoms with E-state index in [2.05, 4.69) is 4.74 Å². The molecule has 0 spiro atoms. The average Bonchev–Trinajstić information content (AvgIpc) is 3.32.